The monoisotopic (exact) mass is 339 g/mol. The molecule has 1 fully saturated rings. The lowest BCUT2D eigenvalue weighted by molar-refractivity contribution is 0.310. The summed E-state index contributed by atoms with van der Waals surface area (Å²) in [6.07, 6.45) is 6.19. The Morgan fingerprint density at radius 3 is 2.40 bits per heavy atom. The van der Waals surface area contributed by atoms with E-state index in [0.717, 1.165) is 42.2 Å². The standard InChI is InChI=1S/C20H29N5/c1-14(2)16-6-8-25(9-7-16)20-22-12-19(13-23-20)24-18-5-4-17(11-21)15(3)10-18/h4-5,10,12-14,16,24H,6-9,11,21H2,1-3H3. The van der Waals surface area contributed by atoms with Crippen molar-refractivity contribution in [3.05, 3.63) is 41.7 Å². The second-order valence-electron chi connectivity index (χ2n) is 7.31. The lowest BCUT2D eigenvalue weighted by atomic mass is 9.87. The molecule has 1 aromatic carbocycles. The molecule has 5 heteroatoms. The van der Waals surface area contributed by atoms with Crippen molar-refractivity contribution >= 4 is 17.3 Å². The minimum absolute atomic E-state index is 0.567. The molecule has 25 heavy (non-hydrogen) atoms. The highest BCUT2D eigenvalue weighted by molar-refractivity contribution is 5.60. The highest BCUT2D eigenvalue weighted by Crippen LogP contribution is 2.26. The smallest absolute Gasteiger partial charge is 0.225 e. The first-order chi connectivity index (χ1) is 12.1. The van der Waals surface area contributed by atoms with Crippen LogP contribution < -0.4 is 16.0 Å². The molecule has 0 unspecified atom stereocenters. The van der Waals surface area contributed by atoms with Gasteiger partial charge in [0.2, 0.25) is 5.95 Å². The number of rotatable bonds is 5. The average molecular weight is 339 g/mol. The van der Waals surface area contributed by atoms with Gasteiger partial charge in [-0.2, -0.15) is 0 Å². The Kier molecular flexibility index (Phi) is 5.53. The Morgan fingerprint density at radius 1 is 1.16 bits per heavy atom. The normalized spacial score (nSPS) is 15.6. The van der Waals surface area contributed by atoms with Crippen molar-refractivity contribution < 1.29 is 0 Å². The highest BCUT2D eigenvalue weighted by Gasteiger charge is 2.22. The molecule has 5 nitrogen and oxygen atoms in total. The third kappa shape index (κ3) is 4.28. The maximum absolute atomic E-state index is 5.72. The molecule has 0 radical (unpaired) electrons. The summed E-state index contributed by atoms with van der Waals surface area (Å²) in [5.74, 6) is 2.43. The van der Waals surface area contributed by atoms with Crippen LogP contribution in [0.2, 0.25) is 0 Å². The van der Waals surface area contributed by atoms with E-state index >= 15 is 0 Å². The number of aryl methyl sites for hydroxylation is 1. The maximum Gasteiger partial charge on any atom is 0.225 e. The van der Waals surface area contributed by atoms with Gasteiger partial charge in [0.05, 0.1) is 18.1 Å². The number of nitrogens with one attached hydrogen (secondary N) is 1. The van der Waals surface area contributed by atoms with Crippen molar-refractivity contribution in [1.29, 1.82) is 0 Å². The predicted molar refractivity (Wildman–Crippen MR) is 104 cm³/mol. The van der Waals surface area contributed by atoms with E-state index < -0.39 is 0 Å². The molecule has 0 amide bonds. The second-order valence-corrected chi connectivity index (χ2v) is 7.31. The molecule has 134 valence electrons. The fraction of sp³-hybridized carbons (Fsp3) is 0.500. The maximum atomic E-state index is 5.72. The van der Waals surface area contributed by atoms with Gasteiger partial charge in [0.25, 0.3) is 0 Å². The molecule has 1 aliphatic rings. The Hall–Kier alpha value is -2.14. The molecule has 1 saturated heterocycles. The van der Waals surface area contributed by atoms with Gasteiger partial charge in [-0.15, -0.1) is 0 Å². The summed E-state index contributed by atoms with van der Waals surface area (Å²) in [4.78, 5) is 11.4. The van der Waals surface area contributed by atoms with Gasteiger partial charge in [-0.1, -0.05) is 19.9 Å². The fourth-order valence-corrected chi connectivity index (χ4v) is 3.48. The number of piperidine rings is 1. The summed E-state index contributed by atoms with van der Waals surface area (Å²) in [6.45, 7) is 9.38. The van der Waals surface area contributed by atoms with E-state index in [2.05, 4.69) is 53.1 Å². The first kappa shape index (κ1) is 17.7. The van der Waals surface area contributed by atoms with Crippen LogP contribution in [0, 0.1) is 18.8 Å². The number of nitrogens with two attached hydrogens (primary N) is 1. The van der Waals surface area contributed by atoms with Gasteiger partial charge in [0, 0.05) is 25.3 Å². The molecule has 1 aromatic heterocycles. The van der Waals surface area contributed by atoms with E-state index in [1.54, 1.807) is 0 Å². The molecule has 3 N–H and O–H groups in total. The van der Waals surface area contributed by atoms with Gasteiger partial charge in [-0.3, -0.25) is 0 Å². The summed E-state index contributed by atoms with van der Waals surface area (Å²) >= 11 is 0. The molecule has 1 aliphatic heterocycles. The van der Waals surface area contributed by atoms with Crippen LogP contribution in [0.1, 0.15) is 37.8 Å². The lowest BCUT2D eigenvalue weighted by Crippen LogP contribution is -2.36. The van der Waals surface area contributed by atoms with Gasteiger partial charge in [0.15, 0.2) is 0 Å². The molecule has 0 saturated carbocycles. The molecular weight excluding hydrogens is 310 g/mol. The molecule has 0 bridgehead atoms. The van der Waals surface area contributed by atoms with Crippen molar-refractivity contribution in [2.24, 2.45) is 17.6 Å². The number of benzene rings is 1. The van der Waals surface area contributed by atoms with Crippen molar-refractivity contribution in [3.63, 3.8) is 0 Å². The van der Waals surface area contributed by atoms with Crippen LogP contribution in [0.3, 0.4) is 0 Å². The quantitative estimate of drug-likeness (QED) is 0.866. The summed E-state index contributed by atoms with van der Waals surface area (Å²) in [6, 6.07) is 6.21. The Balaban J connectivity index is 1.62. The van der Waals surface area contributed by atoms with E-state index in [1.165, 1.54) is 24.0 Å². The van der Waals surface area contributed by atoms with E-state index in [-0.39, 0.29) is 0 Å². The van der Waals surface area contributed by atoms with Crippen molar-refractivity contribution in [3.8, 4) is 0 Å². The topological polar surface area (TPSA) is 67.1 Å². The predicted octanol–water partition coefficient (Wildman–Crippen LogP) is 3.86. The van der Waals surface area contributed by atoms with Gasteiger partial charge < -0.3 is 16.0 Å². The zero-order valence-electron chi connectivity index (χ0n) is 15.5. The molecule has 3 rings (SSSR count). The SMILES string of the molecule is Cc1cc(Nc2cnc(N3CCC(C(C)C)CC3)nc2)ccc1CN. The largest absolute Gasteiger partial charge is 0.353 e. The van der Waals surface area contributed by atoms with Gasteiger partial charge in [-0.05, 0) is 54.9 Å². The first-order valence-corrected chi connectivity index (χ1v) is 9.20. The number of hydrogen-bond donors (Lipinski definition) is 2. The van der Waals surface area contributed by atoms with Gasteiger partial charge in [0.1, 0.15) is 0 Å². The first-order valence-electron chi connectivity index (χ1n) is 9.20. The molecule has 2 heterocycles. The number of aromatic nitrogens is 2. The zero-order chi connectivity index (χ0) is 17.8. The summed E-state index contributed by atoms with van der Waals surface area (Å²) < 4.78 is 0. The molecule has 0 spiro atoms. The minimum atomic E-state index is 0.567. The van der Waals surface area contributed by atoms with E-state index in [4.69, 9.17) is 5.73 Å². The number of hydrogen-bond acceptors (Lipinski definition) is 5. The van der Waals surface area contributed by atoms with Crippen molar-refractivity contribution in [2.75, 3.05) is 23.3 Å². The third-order valence-electron chi connectivity index (χ3n) is 5.25. The average Bonchev–Trinajstić information content (AvgIpc) is 2.63. The van der Waals surface area contributed by atoms with Crippen molar-refractivity contribution in [1.82, 2.24) is 9.97 Å². The molecule has 0 atom stereocenters. The summed E-state index contributed by atoms with van der Waals surface area (Å²) in [5, 5.41) is 3.36. The minimum Gasteiger partial charge on any atom is -0.353 e. The molecular formula is C20H29N5. The van der Waals surface area contributed by atoms with E-state index in [1.807, 2.05) is 18.5 Å². The van der Waals surface area contributed by atoms with Gasteiger partial charge in [-0.25, -0.2) is 9.97 Å². The second kappa shape index (κ2) is 7.83. The van der Waals surface area contributed by atoms with Crippen LogP contribution in [-0.4, -0.2) is 23.1 Å². The van der Waals surface area contributed by atoms with E-state index in [0.29, 0.717) is 6.54 Å². The number of anilines is 3. The van der Waals surface area contributed by atoms with Crippen LogP contribution in [0.5, 0.6) is 0 Å². The van der Waals surface area contributed by atoms with Crippen LogP contribution in [0.15, 0.2) is 30.6 Å². The van der Waals surface area contributed by atoms with Crippen LogP contribution in [0.25, 0.3) is 0 Å². The summed E-state index contributed by atoms with van der Waals surface area (Å²) in [5.41, 5.74) is 10.0. The highest BCUT2D eigenvalue weighted by atomic mass is 15.3. The third-order valence-corrected chi connectivity index (χ3v) is 5.25. The molecule has 0 aliphatic carbocycles. The van der Waals surface area contributed by atoms with Crippen LogP contribution >= 0.6 is 0 Å². The number of nitrogens with zero attached hydrogens (tertiary/aromatic N) is 3. The van der Waals surface area contributed by atoms with Crippen molar-refractivity contribution in [2.45, 2.75) is 40.2 Å². The Morgan fingerprint density at radius 2 is 1.84 bits per heavy atom. The van der Waals surface area contributed by atoms with E-state index in [9.17, 15) is 0 Å². The summed E-state index contributed by atoms with van der Waals surface area (Å²) in [7, 11) is 0. The van der Waals surface area contributed by atoms with Crippen LogP contribution in [-0.2, 0) is 6.54 Å². The van der Waals surface area contributed by atoms with Crippen LogP contribution in [0.4, 0.5) is 17.3 Å². The Bertz CT molecular complexity index is 688. The lowest BCUT2D eigenvalue weighted by Gasteiger charge is -2.33. The molecule has 2 aromatic rings. The fourth-order valence-electron chi connectivity index (χ4n) is 3.48. The zero-order valence-corrected chi connectivity index (χ0v) is 15.5. The van der Waals surface area contributed by atoms with Gasteiger partial charge >= 0.3 is 0 Å². The Labute approximate surface area is 150 Å².